The van der Waals surface area contributed by atoms with Crippen LogP contribution < -0.4 is 10.5 Å². The van der Waals surface area contributed by atoms with Crippen molar-refractivity contribution >= 4 is 5.91 Å². The Morgan fingerprint density at radius 3 is 2.46 bits per heavy atom. The van der Waals surface area contributed by atoms with Gasteiger partial charge in [-0.1, -0.05) is 48.5 Å². The zero-order chi connectivity index (χ0) is 19.5. The maximum absolute atomic E-state index is 13.2. The average Bonchev–Trinajstić information content (AvgIpc) is 3.33. The van der Waals surface area contributed by atoms with Gasteiger partial charge in [0, 0.05) is 25.0 Å². The van der Waals surface area contributed by atoms with Gasteiger partial charge < -0.3 is 15.4 Å². The van der Waals surface area contributed by atoms with Crippen LogP contribution >= 0.6 is 0 Å². The number of carbonyl (C=O) groups is 1. The maximum Gasteiger partial charge on any atom is 0.278 e. The summed E-state index contributed by atoms with van der Waals surface area (Å²) in [5.41, 5.74) is 8.72. The second kappa shape index (κ2) is 7.86. The number of nitrogens with zero attached hydrogens (tertiary/aromatic N) is 3. The van der Waals surface area contributed by atoms with Crippen molar-refractivity contribution in [3.8, 4) is 11.4 Å². The van der Waals surface area contributed by atoms with E-state index in [0.717, 1.165) is 11.3 Å². The van der Waals surface area contributed by atoms with Crippen molar-refractivity contribution in [2.45, 2.75) is 18.9 Å². The number of benzene rings is 2. The van der Waals surface area contributed by atoms with Crippen LogP contribution in [-0.4, -0.2) is 46.3 Å². The molecule has 6 heteroatoms. The molecule has 6 nitrogen and oxygen atoms in total. The Hall–Kier alpha value is -3.12. The Labute approximate surface area is 164 Å². The van der Waals surface area contributed by atoms with Crippen LogP contribution in [0.2, 0.25) is 0 Å². The SMILES string of the molecule is CCOc1cn(-c2ccccc2)nc1C(=O)N1C[C@@H](N)[C@H](c2ccccc2)C1. The smallest absolute Gasteiger partial charge is 0.278 e. The van der Waals surface area contributed by atoms with Crippen LogP contribution in [-0.2, 0) is 0 Å². The molecule has 2 heterocycles. The molecule has 0 radical (unpaired) electrons. The fourth-order valence-electron chi connectivity index (χ4n) is 3.68. The monoisotopic (exact) mass is 376 g/mol. The minimum absolute atomic E-state index is 0.0990. The molecule has 1 aliphatic heterocycles. The predicted octanol–water partition coefficient (Wildman–Crippen LogP) is 2.84. The van der Waals surface area contributed by atoms with Gasteiger partial charge in [-0.25, -0.2) is 4.68 Å². The number of amides is 1. The molecule has 28 heavy (non-hydrogen) atoms. The molecule has 144 valence electrons. The number of hydrogen-bond donors (Lipinski definition) is 1. The first-order valence-electron chi connectivity index (χ1n) is 9.55. The highest BCUT2D eigenvalue weighted by molar-refractivity contribution is 5.95. The molecule has 1 saturated heterocycles. The molecule has 4 rings (SSSR count). The Morgan fingerprint density at radius 1 is 1.11 bits per heavy atom. The second-order valence-corrected chi connectivity index (χ2v) is 6.95. The van der Waals surface area contributed by atoms with Crippen LogP contribution in [0.4, 0.5) is 0 Å². The molecule has 2 atom stereocenters. The van der Waals surface area contributed by atoms with E-state index in [1.165, 1.54) is 0 Å². The van der Waals surface area contributed by atoms with Gasteiger partial charge in [0.15, 0.2) is 11.4 Å². The van der Waals surface area contributed by atoms with Gasteiger partial charge in [-0.15, -0.1) is 0 Å². The van der Waals surface area contributed by atoms with Gasteiger partial charge >= 0.3 is 0 Å². The van der Waals surface area contributed by atoms with Crippen LogP contribution in [0.3, 0.4) is 0 Å². The highest BCUT2D eigenvalue weighted by Gasteiger charge is 2.36. The van der Waals surface area contributed by atoms with Crippen LogP contribution in [0.1, 0.15) is 28.9 Å². The number of nitrogens with two attached hydrogens (primary N) is 1. The van der Waals surface area contributed by atoms with E-state index < -0.39 is 0 Å². The Balaban J connectivity index is 1.60. The molecule has 1 aliphatic rings. The molecule has 2 N–H and O–H groups in total. The number of ether oxygens (including phenoxy) is 1. The molecule has 3 aromatic rings. The van der Waals surface area contributed by atoms with Crippen LogP contribution in [0.15, 0.2) is 66.9 Å². The molecule has 1 aromatic heterocycles. The van der Waals surface area contributed by atoms with Crippen molar-refractivity contribution in [3.05, 3.63) is 78.1 Å². The largest absolute Gasteiger partial charge is 0.490 e. The van der Waals surface area contributed by atoms with Gasteiger partial charge in [0.2, 0.25) is 0 Å². The van der Waals surface area contributed by atoms with E-state index in [4.69, 9.17) is 10.5 Å². The van der Waals surface area contributed by atoms with Gasteiger partial charge in [0.1, 0.15) is 0 Å². The lowest BCUT2D eigenvalue weighted by atomic mass is 9.95. The summed E-state index contributed by atoms with van der Waals surface area (Å²) in [4.78, 5) is 15.0. The zero-order valence-corrected chi connectivity index (χ0v) is 15.9. The summed E-state index contributed by atoms with van der Waals surface area (Å²) in [6, 6.07) is 19.7. The Bertz CT molecular complexity index is 940. The number of para-hydroxylation sites is 1. The maximum atomic E-state index is 13.2. The van der Waals surface area contributed by atoms with E-state index >= 15 is 0 Å². The lowest BCUT2D eigenvalue weighted by Gasteiger charge is -2.16. The van der Waals surface area contributed by atoms with E-state index in [9.17, 15) is 4.79 Å². The number of hydrogen-bond acceptors (Lipinski definition) is 4. The average molecular weight is 376 g/mol. The molecule has 0 unspecified atom stereocenters. The summed E-state index contributed by atoms with van der Waals surface area (Å²) >= 11 is 0. The number of rotatable bonds is 5. The van der Waals surface area contributed by atoms with E-state index in [1.807, 2.05) is 55.5 Å². The van der Waals surface area contributed by atoms with Crippen molar-refractivity contribution in [3.63, 3.8) is 0 Å². The first kappa shape index (κ1) is 18.3. The summed E-state index contributed by atoms with van der Waals surface area (Å²) in [7, 11) is 0. The standard InChI is InChI=1S/C22H24N4O2/c1-2-28-20-15-26(17-11-7-4-8-12-17)24-21(20)22(27)25-13-18(19(23)14-25)16-9-5-3-6-10-16/h3-12,15,18-19H,2,13-14,23H2,1H3/t18-,19+/m0/s1. The van der Waals surface area contributed by atoms with Gasteiger partial charge in [-0.2, -0.15) is 5.10 Å². The fourth-order valence-corrected chi connectivity index (χ4v) is 3.68. The van der Waals surface area contributed by atoms with Crippen molar-refractivity contribution in [1.82, 2.24) is 14.7 Å². The molecule has 1 fully saturated rings. The summed E-state index contributed by atoms with van der Waals surface area (Å²) in [5, 5.41) is 4.53. The van der Waals surface area contributed by atoms with E-state index in [0.29, 0.717) is 31.1 Å². The number of carbonyl (C=O) groups excluding carboxylic acids is 1. The van der Waals surface area contributed by atoms with Gasteiger partial charge in [-0.3, -0.25) is 4.79 Å². The zero-order valence-electron chi connectivity index (χ0n) is 15.9. The van der Waals surface area contributed by atoms with Gasteiger partial charge in [-0.05, 0) is 24.6 Å². The van der Waals surface area contributed by atoms with E-state index in [1.54, 1.807) is 15.8 Å². The highest BCUT2D eigenvalue weighted by Crippen LogP contribution is 2.29. The third-order valence-corrected chi connectivity index (χ3v) is 5.08. The van der Waals surface area contributed by atoms with Crippen LogP contribution in [0.25, 0.3) is 5.69 Å². The Kier molecular flexibility index (Phi) is 5.12. The number of likely N-dealkylation sites (tertiary alicyclic amines) is 1. The second-order valence-electron chi connectivity index (χ2n) is 6.95. The van der Waals surface area contributed by atoms with Gasteiger partial charge in [0.05, 0.1) is 18.5 Å². The molecule has 0 saturated carbocycles. The lowest BCUT2D eigenvalue weighted by Crippen LogP contribution is -2.32. The van der Waals surface area contributed by atoms with Crippen molar-refractivity contribution in [1.29, 1.82) is 0 Å². The molecular weight excluding hydrogens is 352 g/mol. The number of aromatic nitrogens is 2. The summed E-state index contributed by atoms with van der Waals surface area (Å²) in [6.07, 6.45) is 1.76. The molecule has 0 spiro atoms. The van der Waals surface area contributed by atoms with Crippen molar-refractivity contribution < 1.29 is 9.53 Å². The van der Waals surface area contributed by atoms with E-state index in [2.05, 4.69) is 17.2 Å². The molecule has 0 bridgehead atoms. The van der Waals surface area contributed by atoms with Gasteiger partial charge in [0.25, 0.3) is 5.91 Å². The quantitative estimate of drug-likeness (QED) is 0.743. The van der Waals surface area contributed by atoms with Crippen molar-refractivity contribution in [2.24, 2.45) is 5.73 Å². The molecule has 0 aliphatic carbocycles. The first-order chi connectivity index (χ1) is 13.7. The third kappa shape index (κ3) is 3.51. The molecular formula is C22H24N4O2. The van der Waals surface area contributed by atoms with Crippen LogP contribution in [0.5, 0.6) is 5.75 Å². The summed E-state index contributed by atoms with van der Waals surface area (Å²) in [5.74, 6) is 0.469. The summed E-state index contributed by atoms with van der Waals surface area (Å²) < 4.78 is 7.38. The lowest BCUT2D eigenvalue weighted by molar-refractivity contribution is 0.0779. The van der Waals surface area contributed by atoms with E-state index in [-0.39, 0.29) is 17.9 Å². The first-order valence-corrected chi connectivity index (χ1v) is 9.55. The Morgan fingerprint density at radius 2 is 1.79 bits per heavy atom. The fraction of sp³-hybridized carbons (Fsp3) is 0.273. The summed E-state index contributed by atoms with van der Waals surface area (Å²) in [6.45, 7) is 3.44. The molecule has 2 aromatic carbocycles. The topological polar surface area (TPSA) is 73.4 Å². The predicted molar refractivity (Wildman–Crippen MR) is 108 cm³/mol. The van der Waals surface area contributed by atoms with Crippen molar-refractivity contribution in [2.75, 3.05) is 19.7 Å². The third-order valence-electron chi connectivity index (χ3n) is 5.08. The minimum Gasteiger partial charge on any atom is -0.490 e. The van der Waals surface area contributed by atoms with Crippen LogP contribution in [0, 0.1) is 0 Å². The minimum atomic E-state index is -0.146. The molecule has 1 amide bonds. The highest BCUT2D eigenvalue weighted by atomic mass is 16.5. The normalized spacial score (nSPS) is 19.0.